The second-order valence-electron chi connectivity index (χ2n) is 3.65. The third-order valence-corrected chi connectivity index (χ3v) is 2.72. The summed E-state index contributed by atoms with van der Waals surface area (Å²) in [5.41, 5.74) is 0.00768. The molecule has 0 aliphatic carbocycles. The van der Waals surface area contributed by atoms with Crippen molar-refractivity contribution in [2.45, 2.75) is 58.5 Å². The molecule has 0 aromatic carbocycles. The van der Waals surface area contributed by atoms with Crippen LogP contribution in [-0.2, 0) is 3.83 Å². The summed E-state index contributed by atoms with van der Waals surface area (Å²) in [6.45, 7) is 6.44. The summed E-state index contributed by atoms with van der Waals surface area (Å²) in [4.78, 5) is 0. The van der Waals surface area contributed by atoms with Crippen molar-refractivity contribution >= 4 is 16.3 Å². The molecule has 0 bridgehead atoms. The Labute approximate surface area is 79.0 Å². The zero-order valence-electron chi connectivity index (χ0n) is 7.82. The fourth-order valence-electron chi connectivity index (χ4n) is 1.02. The van der Waals surface area contributed by atoms with Crippen LogP contribution < -0.4 is 0 Å². The first-order valence-corrected chi connectivity index (χ1v) is 5.07. The fourth-order valence-corrected chi connectivity index (χ4v) is 1.18. The predicted octanol–water partition coefficient (Wildman–Crippen LogP) is 4.06. The maximum Gasteiger partial charge on any atom is 0.0993 e. The molecule has 0 spiro atoms. The molecule has 0 amide bonds. The summed E-state index contributed by atoms with van der Waals surface area (Å²) in [6.07, 6.45) is 6.38. The minimum absolute atomic E-state index is 0.00768. The van der Waals surface area contributed by atoms with Crippen LogP contribution in [0.3, 0.4) is 0 Å². The smallest absolute Gasteiger partial charge is 0.0993 e. The van der Waals surface area contributed by atoms with Crippen molar-refractivity contribution in [3.8, 4) is 0 Å². The molecule has 0 unspecified atom stereocenters. The highest BCUT2D eigenvalue weighted by Gasteiger charge is 2.16. The molecule has 0 saturated carbocycles. The lowest BCUT2D eigenvalue weighted by Gasteiger charge is -2.20. The third kappa shape index (κ3) is 6.82. The maximum absolute atomic E-state index is 5.13. The van der Waals surface area contributed by atoms with E-state index in [0.717, 1.165) is 6.42 Å². The van der Waals surface area contributed by atoms with Crippen LogP contribution in [0.25, 0.3) is 0 Å². The summed E-state index contributed by atoms with van der Waals surface area (Å²) in [7, 11) is 0. The number of hydrogen-bond donors (Lipinski definition) is 0. The van der Waals surface area contributed by atoms with Gasteiger partial charge >= 0.3 is 0 Å². The Kier molecular flexibility index (Phi) is 6.25. The van der Waals surface area contributed by atoms with Gasteiger partial charge in [0.2, 0.25) is 0 Å². The molecular formula is C9H19BrO. The van der Waals surface area contributed by atoms with Crippen LogP contribution in [0.2, 0.25) is 0 Å². The molecule has 0 saturated heterocycles. The molecule has 0 heterocycles. The number of hydrogen-bond acceptors (Lipinski definition) is 1. The van der Waals surface area contributed by atoms with Crippen LogP contribution >= 0.6 is 16.3 Å². The van der Waals surface area contributed by atoms with Crippen LogP contribution in [0.1, 0.15) is 52.9 Å². The largest absolute Gasteiger partial charge is 0.302 e. The SMILES string of the molecule is CCCCCCC(C)(C)OBr. The molecule has 0 aliphatic rings. The van der Waals surface area contributed by atoms with E-state index < -0.39 is 0 Å². The third-order valence-electron chi connectivity index (χ3n) is 1.84. The van der Waals surface area contributed by atoms with Gasteiger partial charge in [0.1, 0.15) is 0 Å². The number of halogens is 1. The molecule has 11 heavy (non-hydrogen) atoms. The van der Waals surface area contributed by atoms with Crippen molar-refractivity contribution in [3.05, 3.63) is 0 Å². The topological polar surface area (TPSA) is 9.23 Å². The average Bonchev–Trinajstić information content (AvgIpc) is 1.99. The summed E-state index contributed by atoms with van der Waals surface area (Å²) in [6, 6.07) is 0. The molecule has 0 atom stereocenters. The van der Waals surface area contributed by atoms with Gasteiger partial charge in [-0.25, -0.2) is 0 Å². The van der Waals surface area contributed by atoms with Gasteiger partial charge in [0, 0.05) is 0 Å². The zero-order valence-corrected chi connectivity index (χ0v) is 9.41. The van der Waals surface area contributed by atoms with E-state index in [1.807, 2.05) is 0 Å². The van der Waals surface area contributed by atoms with E-state index in [0.29, 0.717) is 0 Å². The van der Waals surface area contributed by atoms with Gasteiger partial charge in [0.25, 0.3) is 0 Å². The summed E-state index contributed by atoms with van der Waals surface area (Å²) in [5.74, 6) is 0. The Balaban J connectivity index is 3.23. The van der Waals surface area contributed by atoms with E-state index in [-0.39, 0.29) is 5.60 Å². The molecule has 0 aromatic rings. The summed E-state index contributed by atoms with van der Waals surface area (Å²) >= 11 is 3.04. The normalized spacial score (nSPS) is 12.0. The van der Waals surface area contributed by atoms with E-state index in [1.54, 1.807) is 0 Å². The first kappa shape index (κ1) is 11.4. The van der Waals surface area contributed by atoms with Crippen LogP contribution in [0, 0.1) is 0 Å². The van der Waals surface area contributed by atoms with E-state index in [2.05, 4.69) is 37.0 Å². The Hall–Kier alpha value is 0.440. The zero-order chi connectivity index (χ0) is 8.74. The molecule has 0 radical (unpaired) electrons. The van der Waals surface area contributed by atoms with E-state index in [9.17, 15) is 0 Å². The van der Waals surface area contributed by atoms with E-state index in [4.69, 9.17) is 3.83 Å². The van der Waals surface area contributed by atoms with Crippen molar-refractivity contribution in [1.29, 1.82) is 0 Å². The molecule has 0 aromatic heterocycles. The Morgan fingerprint density at radius 3 is 2.27 bits per heavy atom. The highest BCUT2D eigenvalue weighted by molar-refractivity contribution is 9.06. The van der Waals surface area contributed by atoms with Gasteiger partial charge in [-0.15, -0.1) is 0 Å². The van der Waals surface area contributed by atoms with E-state index >= 15 is 0 Å². The molecular weight excluding hydrogens is 204 g/mol. The lowest BCUT2D eigenvalue weighted by Crippen LogP contribution is -2.19. The van der Waals surface area contributed by atoms with Gasteiger partial charge in [-0.3, -0.25) is 0 Å². The van der Waals surface area contributed by atoms with Crippen molar-refractivity contribution in [2.24, 2.45) is 0 Å². The average molecular weight is 223 g/mol. The molecule has 68 valence electrons. The number of unbranched alkanes of at least 4 members (excludes halogenated alkanes) is 3. The summed E-state index contributed by atoms with van der Waals surface area (Å²) < 4.78 is 5.13. The lowest BCUT2D eigenvalue weighted by atomic mass is 10.0. The molecule has 0 aliphatic heterocycles. The second kappa shape index (κ2) is 6.01. The molecule has 0 rings (SSSR count). The first-order valence-electron chi connectivity index (χ1n) is 4.42. The Morgan fingerprint density at radius 1 is 1.18 bits per heavy atom. The maximum atomic E-state index is 5.13. The standard InChI is InChI=1S/C9H19BrO/c1-4-5-6-7-8-9(2,3)11-10/h4-8H2,1-3H3. The predicted molar refractivity (Wildman–Crippen MR) is 52.9 cm³/mol. The second-order valence-corrected chi connectivity index (χ2v) is 3.97. The lowest BCUT2D eigenvalue weighted by molar-refractivity contribution is 0.138. The van der Waals surface area contributed by atoms with Crippen molar-refractivity contribution in [2.75, 3.05) is 0 Å². The molecule has 0 N–H and O–H groups in total. The van der Waals surface area contributed by atoms with Gasteiger partial charge in [-0.2, -0.15) is 0 Å². The fraction of sp³-hybridized carbons (Fsp3) is 1.00. The minimum Gasteiger partial charge on any atom is -0.302 e. The van der Waals surface area contributed by atoms with Crippen molar-refractivity contribution in [3.63, 3.8) is 0 Å². The van der Waals surface area contributed by atoms with Gasteiger partial charge < -0.3 is 3.83 Å². The van der Waals surface area contributed by atoms with Gasteiger partial charge in [-0.1, -0.05) is 32.6 Å². The molecule has 2 heteroatoms. The molecule has 0 fully saturated rings. The summed E-state index contributed by atoms with van der Waals surface area (Å²) in [5, 5.41) is 0. The highest BCUT2D eigenvalue weighted by Crippen LogP contribution is 2.20. The van der Waals surface area contributed by atoms with Crippen LogP contribution in [0.4, 0.5) is 0 Å². The minimum atomic E-state index is 0.00768. The monoisotopic (exact) mass is 222 g/mol. The van der Waals surface area contributed by atoms with Crippen LogP contribution in [0.5, 0.6) is 0 Å². The van der Waals surface area contributed by atoms with Crippen molar-refractivity contribution < 1.29 is 3.83 Å². The number of rotatable bonds is 6. The Bertz CT molecular complexity index is 91.6. The first-order chi connectivity index (χ1) is 5.12. The Morgan fingerprint density at radius 2 is 1.82 bits per heavy atom. The van der Waals surface area contributed by atoms with Gasteiger partial charge in [-0.05, 0) is 20.3 Å². The van der Waals surface area contributed by atoms with Gasteiger partial charge in [0.15, 0.2) is 0 Å². The van der Waals surface area contributed by atoms with Crippen molar-refractivity contribution in [1.82, 2.24) is 0 Å². The van der Waals surface area contributed by atoms with Gasteiger partial charge in [0.05, 0.1) is 21.9 Å². The molecule has 1 nitrogen and oxygen atoms in total. The van der Waals surface area contributed by atoms with Crippen LogP contribution in [-0.4, -0.2) is 5.60 Å². The van der Waals surface area contributed by atoms with Crippen LogP contribution in [0.15, 0.2) is 0 Å². The quantitative estimate of drug-likeness (QED) is 0.617. The van der Waals surface area contributed by atoms with E-state index in [1.165, 1.54) is 25.7 Å². The highest BCUT2D eigenvalue weighted by atomic mass is 79.9.